The molecule has 0 aliphatic rings. The molecule has 1 aromatic heterocycles. The number of aromatic nitrogens is 1. The zero-order chi connectivity index (χ0) is 24.1. The molecule has 170 valence electrons. The summed E-state index contributed by atoms with van der Waals surface area (Å²) in [5, 5.41) is 16.1. The maximum Gasteiger partial charge on any atom is 0.267 e. The maximum atomic E-state index is 12.6. The Hall–Kier alpha value is -4.35. The summed E-state index contributed by atoms with van der Waals surface area (Å²) in [6, 6.07) is 20.8. The van der Waals surface area contributed by atoms with Gasteiger partial charge < -0.3 is 20.1 Å². The molecule has 4 rings (SSSR count). The molecule has 3 aromatic carbocycles. The second kappa shape index (κ2) is 10.1. The van der Waals surface area contributed by atoms with Gasteiger partial charge in [-0.3, -0.25) is 4.79 Å². The number of nitriles is 1. The first-order chi connectivity index (χ1) is 16.5. The summed E-state index contributed by atoms with van der Waals surface area (Å²) in [5.74, 6) is 0.447. The van der Waals surface area contributed by atoms with Crippen LogP contribution in [0.1, 0.15) is 5.56 Å². The Kier molecular flexibility index (Phi) is 6.76. The van der Waals surface area contributed by atoms with Crippen molar-refractivity contribution in [2.75, 3.05) is 24.9 Å². The third-order valence-electron chi connectivity index (χ3n) is 5.08. The zero-order valence-electron chi connectivity index (χ0n) is 18.9. The Balaban J connectivity index is 1.47. The minimum Gasteiger partial charge on any atom is -0.497 e. The smallest absolute Gasteiger partial charge is 0.267 e. The van der Waals surface area contributed by atoms with Crippen molar-refractivity contribution in [3.8, 4) is 28.1 Å². The lowest BCUT2D eigenvalue weighted by Gasteiger charge is -2.11. The fourth-order valence-corrected chi connectivity index (χ4v) is 4.34. The number of hydrogen-bond acceptors (Lipinski definition) is 7. The normalized spacial score (nSPS) is 11.1. The van der Waals surface area contributed by atoms with E-state index in [2.05, 4.69) is 29.7 Å². The molecule has 4 aromatic rings. The van der Waals surface area contributed by atoms with Crippen LogP contribution in [0.25, 0.3) is 20.8 Å². The van der Waals surface area contributed by atoms with E-state index >= 15 is 0 Å². The number of aryl methyl sites for hydroxylation is 1. The Bertz CT molecular complexity index is 1420. The second-order valence-corrected chi connectivity index (χ2v) is 8.43. The molecule has 0 unspecified atom stereocenters. The van der Waals surface area contributed by atoms with Crippen LogP contribution in [-0.2, 0) is 4.79 Å². The summed E-state index contributed by atoms with van der Waals surface area (Å²) in [6.45, 7) is 2.07. The third kappa shape index (κ3) is 5.00. The van der Waals surface area contributed by atoms with E-state index in [-0.39, 0.29) is 5.57 Å². The number of thiazole rings is 1. The predicted molar refractivity (Wildman–Crippen MR) is 135 cm³/mol. The van der Waals surface area contributed by atoms with Gasteiger partial charge >= 0.3 is 0 Å². The number of ether oxygens (including phenoxy) is 2. The molecule has 0 spiro atoms. The van der Waals surface area contributed by atoms with E-state index in [0.29, 0.717) is 17.2 Å². The van der Waals surface area contributed by atoms with Crippen molar-refractivity contribution >= 4 is 38.8 Å². The number of nitrogens with zero attached hydrogens (tertiary/aromatic N) is 2. The molecule has 0 fully saturated rings. The van der Waals surface area contributed by atoms with Gasteiger partial charge in [0.15, 0.2) is 0 Å². The summed E-state index contributed by atoms with van der Waals surface area (Å²) >= 11 is 1.64. The first-order valence-electron chi connectivity index (χ1n) is 10.4. The minimum atomic E-state index is -0.567. The highest BCUT2D eigenvalue weighted by Crippen LogP contribution is 2.32. The van der Waals surface area contributed by atoms with Crippen molar-refractivity contribution in [2.45, 2.75) is 6.92 Å². The van der Waals surface area contributed by atoms with Crippen LogP contribution in [0.2, 0.25) is 0 Å². The summed E-state index contributed by atoms with van der Waals surface area (Å²) < 4.78 is 11.6. The van der Waals surface area contributed by atoms with E-state index in [1.807, 2.05) is 36.4 Å². The van der Waals surface area contributed by atoms with Crippen molar-refractivity contribution in [1.82, 2.24) is 4.98 Å². The minimum absolute atomic E-state index is 0.0875. The maximum absolute atomic E-state index is 12.6. The van der Waals surface area contributed by atoms with Gasteiger partial charge in [0.2, 0.25) is 0 Å². The molecule has 0 saturated carbocycles. The van der Waals surface area contributed by atoms with Gasteiger partial charge in [0, 0.05) is 23.5 Å². The van der Waals surface area contributed by atoms with Gasteiger partial charge in [0.25, 0.3) is 5.91 Å². The molecule has 0 atom stereocenters. The average molecular weight is 471 g/mol. The van der Waals surface area contributed by atoms with Crippen LogP contribution >= 0.6 is 11.3 Å². The quantitative estimate of drug-likeness (QED) is 0.264. The third-order valence-corrected chi connectivity index (χ3v) is 6.15. The standard InChI is InChI=1S/C26H22N4O3S/c1-16-4-10-21-24(12-16)34-26(30-21)17-5-7-19(8-6-17)28-15-18(14-27)25(31)29-22-13-20(32-2)9-11-23(22)33-3/h4-13,15,28H,1-3H3,(H,29,31)/b18-15-. The largest absolute Gasteiger partial charge is 0.497 e. The lowest BCUT2D eigenvalue weighted by atomic mass is 10.2. The van der Waals surface area contributed by atoms with E-state index < -0.39 is 5.91 Å². The summed E-state index contributed by atoms with van der Waals surface area (Å²) in [7, 11) is 3.03. The van der Waals surface area contributed by atoms with Crippen molar-refractivity contribution in [1.29, 1.82) is 5.26 Å². The number of anilines is 2. The molecule has 1 amide bonds. The molecular formula is C26H22N4O3S. The summed E-state index contributed by atoms with van der Waals surface area (Å²) in [4.78, 5) is 17.3. The van der Waals surface area contributed by atoms with E-state index in [9.17, 15) is 10.1 Å². The van der Waals surface area contributed by atoms with Gasteiger partial charge in [0.1, 0.15) is 28.1 Å². The molecule has 0 saturated heterocycles. The molecule has 0 bridgehead atoms. The van der Waals surface area contributed by atoms with E-state index in [1.165, 1.54) is 26.0 Å². The number of rotatable bonds is 7. The Labute approximate surface area is 201 Å². The fourth-order valence-electron chi connectivity index (χ4n) is 3.27. The molecule has 1 heterocycles. The van der Waals surface area contributed by atoms with E-state index in [0.717, 1.165) is 26.5 Å². The highest BCUT2D eigenvalue weighted by molar-refractivity contribution is 7.21. The molecule has 34 heavy (non-hydrogen) atoms. The molecule has 7 nitrogen and oxygen atoms in total. The lowest BCUT2D eigenvalue weighted by molar-refractivity contribution is -0.112. The van der Waals surface area contributed by atoms with Gasteiger partial charge in [-0.05, 0) is 61.0 Å². The Morgan fingerprint density at radius 2 is 1.85 bits per heavy atom. The highest BCUT2D eigenvalue weighted by Gasteiger charge is 2.13. The van der Waals surface area contributed by atoms with Gasteiger partial charge in [0.05, 0.1) is 30.1 Å². The van der Waals surface area contributed by atoms with Crippen molar-refractivity contribution in [3.63, 3.8) is 0 Å². The van der Waals surface area contributed by atoms with Crippen LogP contribution in [0.15, 0.2) is 72.4 Å². The number of methoxy groups -OCH3 is 2. The fraction of sp³-hybridized carbons (Fsp3) is 0.115. The van der Waals surface area contributed by atoms with Gasteiger partial charge in [-0.25, -0.2) is 4.98 Å². The average Bonchev–Trinajstić information content (AvgIpc) is 3.28. The first kappa shape index (κ1) is 22.8. The topological polar surface area (TPSA) is 96.3 Å². The molecular weight excluding hydrogens is 448 g/mol. The Morgan fingerprint density at radius 3 is 2.56 bits per heavy atom. The SMILES string of the molecule is COc1ccc(OC)c(NC(=O)/C(C#N)=C\Nc2ccc(-c3nc4ccc(C)cc4s3)cc2)c1. The van der Waals surface area contributed by atoms with Crippen LogP contribution in [0.5, 0.6) is 11.5 Å². The monoisotopic (exact) mass is 470 g/mol. The van der Waals surface area contributed by atoms with Crippen molar-refractivity contribution < 1.29 is 14.3 Å². The molecule has 0 aliphatic heterocycles. The van der Waals surface area contributed by atoms with Crippen LogP contribution < -0.4 is 20.1 Å². The molecule has 0 aliphatic carbocycles. The Morgan fingerprint density at radius 1 is 1.06 bits per heavy atom. The lowest BCUT2D eigenvalue weighted by Crippen LogP contribution is -2.15. The van der Waals surface area contributed by atoms with Crippen LogP contribution in [0, 0.1) is 18.3 Å². The number of nitrogens with one attached hydrogen (secondary N) is 2. The van der Waals surface area contributed by atoms with Crippen LogP contribution in [-0.4, -0.2) is 25.1 Å². The second-order valence-electron chi connectivity index (χ2n) is 7.40. The summed E-state index contributed by atoms with van der Waals surface area (Å²) in [5.41, 5.74) is 4.24. The van der Waals surface area contributed by atoms with Crippen LogP contribution in [0.3, 0.4) is 0 Å². The van der Waals surface area contributed by atoms with E-state index in [1.54, 1.807) is 29.5 Å². The number of benzene rings is 3. The number of amides is 1. The van der Waals surface area contributed by atoms with Gasteiger partial charge in [-0.2, -0.15) is 5.26 Å². The molecule has 2 N–H and O–H groups in total. The van der Waals surface area contributed by atoms with Gasteiger partial charge in [-0.1, -0.05) is 6.07 Å². The number of fused-ring (bicyclic) bond motifs is 1. The van der Waals surface area contributed by atoms with Gasteiger partial charge in [-0.15, -0.1) is 11.3 Å². The zero-order valence-corrected chi connectivity index (χ0v) is 19.7. The first-order valence-corrected chi connectivity index (χ1v) is 11.2. The number of carbonyl (C=O) groups excluding carboxylic acids is 1. The van der Waals surface area contributed by atoms with Crippen molar-refractivity contribution in [2.24, 2.45) is 0 Å². The predicted octanol–water partition coefficient (Wildman–Crippen LogP) is 5.75. The number of carbonyl (C=O) groups is 1. The molecule has 0 radical (unpaired) electrons. The van der Waals surface area contributed by atoms with Crippen molar-refractivity contribution in [3.05, 3.63) is 78.0 Å². The number of hydrogen-bond donors (Lipinski definition) is 2. The highest BCUT2D eigenvalue weighted by atomic mass is 32.1. The molecule has 8 heteroatoms. The summed E-state index contributed by atoms with van der Waals surface area (Å²) in [6.07, 6.45) is 1.37. The van der Waals surface area contributed by atoms with E-state index in [4.69, 9.17) is 14.5 Å². The van der Waals surface area contributed by atoms with Crippen LogP contribution in [0.4, 0.5) is 11.4 Å².